The average molecular weight is 542 g/mol. The molecule has 0 heterocycles. The molecule has 0 aromatic heterocycles. The predicted octanol–water partition coefficient (Wildman–Crippen LogP) is 7.12. The molecular weight excluding hydrogens is 503 g/mol. The van der Waals surface area contributed by atoms with Crippen LogP contribution in [0.3, 0.4) is 0 Å². The molecule has 0 unspecified atom stereocenters. The van der Waals surface area contributed by atoms with Crippen molar-refractivity contribution in [1.29, 1.82) is 0 Å². The Morgan fingerprint density at radius 2 is 1.12 bits per heavy atom. The van der Waals surface area contributed by atoms with Crippen LogP contribution in [0.2, 0.25) is 0 Å². The van der Waals surface area contributed by atoms with Crippen LogP contribution < -0.4 is 15.9 Å². The second kappa shape index (κ2) is 10.3. The molecule has 34 heavy (non-hydrogen) atoms. The summed E-state index contributed by atoms with van der Waals surface area (Å²) in [5, 5.41) is 1.11. The van der Waals surface area contributed by atoms with Crippen LogP contribution in [0.1, 0.15) is 50.3 Å². The van der Waals surface area contributed by atoms with Crippen LogP contribution in [0.5, 0.6) is 0 Å². The number of carbonyl (C=O) groups excluding carboxylic acids is 1. The van der Waals surface area contributed by atoms with Gasteiger partial charge in [-0.05, 0) is 0 Å². The number of benzene rings is 3. The van der Waals surface area contributed by atoms with Gasteiger partial charge in [-0.3, -0.25) is 0 Å². The van der Waals surface area contributed by atoms with Crippen molar-refractivity contribution in [2.45, 2.75) is 54.4 Å². The van der Waals surface area contributed by atoms with Crippen LogP contribution in [0.4, 0.5) is 0 Å². The van der Waals surface area contributed by atoms with Crippen LogP contribution in [-0.4, -0.2) is 18.7 Å². The molecule has 0 N–H and O–H groups in total. The molecule has 0 bridgehead atoms. The zero-order valence-corrected chi connectivity index (χ0v) is 23.9. The topological polar surface area (TPSA) is 26.3 Å². The van der Waals surface area contributed by atoms with E-state index >= 15 is 0 Å². The Labute approximate surface area is 213 Å². The third kappa shape index (κ3) is 5.02. The fraction of sp³-hybridized carbons (Fsp3) is 0.367. The van der Waals surface area contributed by atoms with Crippen molar-refractivity contribution in [3.63, 3.8) is 0 Å². The zero-order chi connectivity index (χ0) is 25.0. The van der Waals surface area contributed by atoms with Crippen LogP contribution in [-0.2, 0) is 9.53 Å². The van der Waals surface area contributed by atoms with E-state index in [2.05, 4.69) is 109 Å². The van der Waals surface area contributed by atoms with Crippen molar-refractivity contribution in [3.05, 3.63) is 89.5 Å². The minimum absolute atomic E-state index is 0.138. The predicted molar refractivity (Wildman–Crippen MR) is 153 cm³/mol. The van der Waals surface area contributed by atoms with Gasteiger partial charge >= 0.3 is 214 Å². The van der Waals surface area contributed by atoms with Crippen LogP contribution in [0, 0.1) is 26.2 Å². The third-order valence-electron chi connectivity index (χ3n) is 6.67. The molecule has 0 atom stereocenters. The molecule has 3 aromatic carbocycles. The quantitative estimate of drug-likeness (QED) is 0.173. The number of hydrogen-bond acceptors (Lipinski definition) is 2. The van der Waals surface area contributed by atoms with Gasteiger partial charge in [0.05, 0.1) is 0 Å². The maximum absolute atomic E-state index is 12.3. The summed E-state index contributed by atoms with van der Waals surface area (Å²) in [6.45, 7) is 12.8. The second-order valence-corrected chi connectivity index (χ2v) is 19.3. The first-order valence-electron chi connectivity index (χ1n) is 12.1. The summed E-state index contributed by atoms with van der Waals surface area (Å²) >= 11 is 4.61. The summed E-state index contributed by atoms with van der Waals surface area (Å²) in [6.07, 6.45) is 2.73. The summed E-state index contributed by atoms with van der Waals surface area (Å²) in [7, 11) is 0. The Morgan fingerprint density at radius 1 is 0.735 bits per heavy atom. The van der Waals surface area contributed by atoms with Gasteiger partial charge < -0.3 is 0 Å². The van der Waals surface area contributed by atoms with Crippen molar-refractivity contribution < 1.29 is 9.53 Å². The van der Waals surface area contributed by atoms with Gasteiger partial charge in [0.2, 0.25) is 0 Å². The van der Waals surface area contributed by atoms with E-state index in [-0.39, 0.29) is 5.97 Å². The number of rotatable bonds is 8. The summed E-state index contributed by atoms with van der Waals surface area (Å²) in [5.41, 5.74) is 3.41. The first kappa shape index (κ1) is 26.6. The van der Waals surface area contributed by atoms with Crippen LogP contribution >= 0.6 is 20.8 Å². The van der Waals surface area contributed by atoms with Crippen LogP contribution in [0.25, 0.3) is 0 Å². The second-order valence-electron chi connectivity index (χ2n) is 10.4. The summed E-state index contributed by atoms with van der Waals surface area (Å²) in [5.74, 6) is -0.138. The molecule has 0 radical (unpaired) electrons. The third-order valence-corrected chi connectivity index (χ3v) is 16.8. The molecule has 0 saturated heterocycles. The van der Waals surface area contributed by atoms with Gasteiger partial charge in [-0.15, -0.1) is 0 Å². The monoisotopic (exact) mass is 540 g/mol. The maximum atomic E-state index is 12.3. The first-order valence-corrected chi connectivity index (χ1v) is 16.5. The fourth-order valence-corrected chi connectivity index (χ4v) is 15.2. The summed E-state index contributed by atoms with van der Waals surface area (Å²) in [4.78, 5) is 12.3. The standard InChI is InChI=1S/C30H38BrO2P/c1-23-15-7-10-18-26(23)34(31,27-19-11-8-16-24(27)2,28-20-12-9-17-25(28)3)22-14-13-21-33-29(32)30(4,5)6/h7-12,15-20H,13-14,21-22H2,1-6H3. The molecule has 2 nitrogen and oxygen atoms in total. The number of hydrogen-bond donors (Lipinski definition) is 0. The molecule has 3 rings (SSSR count). The molecule has 3 aromatic rings. The number of unbranched alkanes of at least 4 members (excludes halogenated alkanes) is 1. The van der Waals surface area contributed by atoms with Gasteiger partial charge in [0.1, 0.15) is 0 Å². The van der Waals surface area contributed by atoms with Crippen molar-refractivity contribution >= 4 is 42.7 Å². The van der Waals surface area contributed by atoms with E-state index < -0.39 is 10.7 Å². The van der Waals surface area contributed by atoms with E-state index in [0.717, 1.165) is 19.0 Å². The van der Waals surface area contributed by atoms with E-state index in [1.165, 1.54) is 32.6 Å². The number of carbonyl (C=O) groups is 1. The molecular formula is C30H38BrO2P. The fourth-order valence-electron chi connectivity index (χ4n) is 4.90. The van der Waals surface area contributed by atoms with Crippen molar-refractivity contribution in [1.82, 2.24) is 0 Å². The zero-order valence-electron chi connectivity index (χ0n) is 21.4. The van der Waals surface area contributed by atoms with Crippen LogP contribution in [0.15, 0.2) is 72.8 Å². The molecule has 0 aliphatic carbocycles. The SMILES string of the molecule is Cc1ccccc1P(Br)(CCCCOC(=O)C(C)(C)C)(c1ccccc1C)c1ccccc1C. The molecule has 4 heteroatoms. The van der Waals surface area contributed by atoms with Gasteiger partial charge in [0.15, 0.2) is 0 Å². The first-order chi connectivity index (χ1) is 16.0. The average Bonchev–Trinajstić information content (AvgIpc) is 2.79. The Kier molecular flexibility index (Phi) is 8.10. The summed E-state index contributed by atoms with van der Waals surface area (Å²) < 4.78 is 5.60. The molecule has 0 aliphatic heterocycles. The van der Waals surface area contributed by atoms with Gasteiger partial charge in [-0.1, -0.05) is 0 Å². The van der Waals surface area contributed by atoms with Gasteiger partial charge in [-0.25, -0.2) is 0 Å². The molecule has 0 spiro atoms. The Morgan fingerprint density at radius 3 is 1.47 bits per heavy atom. The van der Waals surface area contributed by atoms with Gasteiger partial charge in [0.25, 0.3) is 0 Å². The number of esters is 1. The van der Waals surface area contributed by atoms with Crippen molar-refractivity contribution in [3.8, 4) is 0 Å². The molecule has 0 fully saturated rings. The van der Waals surface area contributed by atoms with E-state index in [1.807, 2.05) is 20.8 Å². The Balaban J connectivity index is 2.15. The Hall–Kier alpha value is -1.96. The molecule has 0 aliphatic rings. The van der Waals surface area contributed by atoms with E-state index in [0.29, 0.717) is 6.61 Å². The molecule has 0 amide bonds. The summed E-state index contributed by atoms with van der Waals surface area (Å²) in [6, 6.07) is 26.4. The van der Waals surface area contributed by atoms with E-state index in [9.17, 15) is 4.79 Å². The van der Waals surface area contributed by atoms with Crippen molar-refractivity contribution in [2.75, 3.05) is 12.8 Å². The van der Waals surface area contributed by atoms with Gasteiger partial charge in [-0.2, -0.15) is 0 Å². The van der Waals surface area contributed by atoms with Gasteiger partial charge in [0, 0.05) is 0 Å². The van der Waals surface area contributed by atoms with E-state index in [4.69, 9.17) is 4.74 Å². The number of aryl methyl sites for hydroxylation is 3. The number of halogens is 1. The minimum atomic E-state index is -3.02. The molecule has 0 saturated carbocycles. The number of ether oxygens (including phenoxy) is 1. The normalized spacial score (nSPS) is 13.2. The van der Waals surface area contributed by atoms with E-state index in [1.54, 1.807) is 0 Å². The van der Waals surface area contributed by atoms with Crippen molar-refractivity contribution in [2.24, 2.45) is 5.41 Å². The molecule has 182 valence electrons. The Bertz CT molecular complexity index is 1050.